The third kappa shape index (κ3) is 4.38. The van der Waals surface area contributed by atoms with Crippen LogP contribution >= 0.6 is 0 Å². The summed E-state index contributed by atoms with van der Waals surface area (Å²) in [6.07, 6.45) is 0.561. The molecule has 2 rings (SSSR count). The summed E-state index contributed by atoms with van der Waals surface area (Å²) in [5, 5.41) is 18.1. The van der Waals surface area contributed by atoms with Crippen LogP contribution in [0, 0.1) is 6.92 Å². The van der Waals surface area contributed by atoms with Crippen molar-refractivity contribution < 1.29 is 29.3 Å². The van der Waals surface area contributed by atoms with E-state index in [1.807, 2.05) is 0 Å². The molecule has 0 saturated carbocycles. The van der Waals surface area contributed by atoms with Crippen molar-refractivity contribution in [1.29, 1.82) is 0 Å². The lowest BCUT2D eigenvalue weighted by molar-refractivity contribution is -0.144. The predicted octanol–water partition coefficient (Wildman–Crippen LogP) is 3.30. The van der Waals surface area contributed by atoms with Crippen LogP contribution in [0.25, 0.3) is 0 Å². The van der Waals surface area contributed by atoms with Crippen molar-refractivity contribution in [3.63, 3.8) is 0 Å². The molecule has 0 amide bonds. The van der Waals surface area contributed by atoms with Crippen molar-refractivity contribution in [2.75, 3.05) is 7.11 Å². The summed E-state index contributed by atoms with van der Waals surface area (Å²) >= 11 is 0. The molecule has 1 atom stereocenters. The number of ether oxygens (including phenoxy) is 2. The van der Waals surface area contributed by atoms with Crippen molar-refractivity contribution >= 4 is 23.8 Å². The summed E-state index contributed by atoms with van der Waals surface area (Å²) < 4.78 is 10.6. The number of aliphatic imine (C=N–C) groups is 1. The highest BCUT2D eigenvalue weighted by molar-refractivity contribution is 5.92. The van der Waals surface area contributed by atoms with E-state index in [-0.39, 0.29) is 5.56 Å². The first-order valence-corrected chi connectivity index (χ1v) is 7.78. The summed E-state index contributed by atoms with van der Waals surface area (Å²) in [6.45, 7) is 3.12. The molecule has 7 nitrogen and oxygen atoms in total. The first-order chi connectivity index (χ1) is 12.3. The summed E-state index contributed by atoms with van der Waals surface area (Å²) in [6, 6.07) is 9.83. The van der Waals surface area contributed by atoms with E-state index in [2.05, 4.69) is 4.99 Å². The molecule has 2 aromatic rings. The smallest absolute Gasteiger partial charge is 0.344 e. The van der Waals surface area contributed by atoms with E-state index in [0.717, 1.165) is 0 Å². The number of hydrogen-bond acceptors (Lipinski definition) is 5. The van der Waals surface area contributed by atoms with Crippen molar-refractivity contribution in [2.24, 2.45) is 4.99 Å². The van der Waals surface area contributed by atoms with Gasteiger partial charge in [0.1, 0.15) is 0 Å². The highest BCUT2D eigenvalue weighted by Gasteiger charge is 2.15. The van der Waals surface area contributed by atoms with Gasteiger partial charge in [-0.3, -0.25) is 4.99 Å². The maximum Gasteiger partial charge on any atom is 0.344 e. The molecule has 0 aliphatic rings. The molecule has 2 aromatic carbocycles. The standard InChI is InChI=1S/C19H19NO6/c1-11-14(19(23)24)5-4-6-15(11)20-10-13-7-8-16(17(9-13)25-3)26-12(2)18(21)22/h4-10,12H,1-3H3,(H,21,22)(H,23,24)/t12-/m0/s1. The average Bonchev–Trinajstić information content (AvgIpc) is 2.61. The van der Waals surface area contributed by atoms with Crippen LogP contribution in [0.2, 0.25) is 0 Å². The number of carboxylic acids is 2. The van der Waals surface area contributed by atoms with Gasteiger partial charge in [-0.05, 0) is 55.3 Å². The maximum absolute atomic E-state index is 11.2. The maximum atomic E-state index is 11.2. The Kier molecular flexibility index (Phi) is 5.95. The Morgan fingerprint density at radius 1 is 1.15 bits per heavy atom. The second kappa shape index (κ2) is 8.15. The van der Waals surface area contributed by atoms with Crippen molar-refractivity contribution in [3.05, 3.63) is 53.1 Å². The molecule has 0 aromatic heterocycles. The number of hydrogen-bond donors (Lipinski definition) is 2. The van der Waals surface area contributed by atoms with Crippen LogP contribution in [0.4, 0.5) is 5.69 Å². The number of rotatable bonds is 7. The van der Waals surface area contributed by atoms with Crippen LogP contribution in [-0.4, -0.2) is 41.6 Å². The molecule has 136 valence electrons. The van der Waals surface area contributed by atoms with E-state index in [1.54, 1.807) is 43.5 Å². The largest absolute Gasteiger partial charge is 0.493 e. The Bertz CT molecular complexity index is 859. The fourth-order valence-corrected chi connectivity index (χ4v) is 2.24. The number of aromatic carboxylic acids is 1. The average molecular weight is 357 g/mol. The van der Waals surface area contributed by atoms with Crippen LogP contribution in [0.3, 0.4) is 0 Å². The molecule has 0 radical (unpaired) electrons. The molecule has 0 bridgehead atoms. The molecule has 0 unspecified atom stereocenters. The van der Waals surface area contributed by atoms with Gasteiger partial charge < -0.3 is 19.7 Å². The second-order valence-corrected chi connectivity index (χ2v) is 5.52. The van der Waals surface area contributed by atoms with Gasteiger partial charge in [0.05, 0.1) is 18.4 Å². The number of methoxy groups -OCH3 is 1. The van der Waals surface area contributed by atoms with Gasteiger partial charge >= 0.3 is 11.9 Å². The molecule has 7 heteroatoms. The third-order valence-corrected chi connectivity index (χ3v) is 3.73. The SMILES string of the molecule is COc1cc(C=Nc2cccc(C(=O)O)c2C)ccc1O[C@@H](C)C(=O)O. The molecule has 0 saturated heterocycles. The quantitative estimate of drug-likeness (QED) is 0.737. The molecule has 2 N–H and O–H groups in total. The highest BCUT2D eigenvalue weighted by atomic mass is 16.5. The Morgan fingerprint density at radius 3 is 2.50 bits per heavy atom. The molecule has 0 spiro atoms. The third-order valence-electron chi connectivity index (χ3n) is 3.73. The zero-order valence-corrected chi connectivity index (χ0v) is 14.6. The minimum absolute atomic E-state index is 0.198. The topological polar surface area (TPSA) is 105 Å². The van der Waals surface area contributed by atoms with Crippen molar-refractivity contribution in [3.8, 4) is 11.5 Å². The van der Waals surface area contributed by atoms with Gasteiger partial charge in [0.15, 0.2) is 17.6 Å². The van der Waals surface area contributed by atoms with Crippen LogP contribution in [0.5, 0.6) is 11.5 Å². The van der Waals surface area contributed by atoms with Crippen LogP contribution < -0.4 is 9.47 Å². The van der Waals surface area contributed by atoms with Gasteiger partial charge in [0, 0.05) is 6.21 Å². The molecular weight excluding hydrogens is 338 g/mol. The molecule has 26 heavy (non-hydrogen) atoms. The lowest BCUT2D eigenvalue weighted by Gasteiger charge is -2.14. The number of carbonyl (C=O) groups is 2. The molecule has 0 aliphatic heterocycles. The lowest BCUT2D eigenvalue weighted by Crippen LogP contribution is -2.23. The van der Waals surface area contributed by atoms with Gasteiger partial charge in [-0.25, -0.2) is 9.59 Å². The Morgan fingerprint density at radius 2 is 1.88 bits per heavy atom. The number of nitrogens with zero attached hydrogens (tertiary/aromatic N) is 1. The summed E-state index contributed by atoms with van der Waals surface area (Å²) in [5.41, 5.74) is 2.00. The van der Waals surface area contributed by atoms with Crippen molar-refractivity contribution in [1.82, 2.24) is 0 Å². The second-order valence-electron chi connectivity index (χ2n) is 5.52. The fraction of sp³-hybridized carbons (Fsp3) is 0.211. The van der Waals surface area contributed by atoms with E-state index in [1.165, 1.54) is 20.1 Å². The van der Waals surface area contributed by atoms with Gasteiger partial charge in [-0.15, -0.1) is 0 Å². The summed E-state index contributed by atoms with van der Waals surface area (Å²) in [5.74, 6) is -1.40. The molecule has 0 fully saturated rings. The van der Waals surface area contributed by atoms with E-state index in [4.69, 9.17) is 19.7 Å². The zero-order chi connectivity index (χ0) is 19.3. The zero-order valence-electron chi connectivity index (χ0n) is 14.6. The molecular formula is C19H19NO6. The van der Waals surface area contributed by atoms with E-state index < -0.39 is 18.0 Å². The monoisotopic (exact) mass is 357 g/mol. The number of benzene rings is 2. The molecule has 0 heterocycles. The lowest BCUT2D eigenvalue weighted by atomic mass is 10.1. The predicted molar refractivity (Wildman–Crippen MR) is 96.1 cm³/mol. The van der Waals surface area contributed by atoms with E-state index in [9.17, 15) is 9.59 Å². The van der Waals surface area contributed by atoms with Gasteiger partial charge in [-0.1, -0.05) is 6.07 Å². The van der Waals surface area contributed by atoms with Gasteiger partial charge in [-0.2, -0.15) is 0 Å². The summed E-state index contributed by atoms with van der Waals surface area (Å²) in [7, 11) is 1.45. The minimum Gasteiger partial charge on any atom is -0.493 e. The van der Waals surface area contributed by atoms with Crippen LogP contribution in [0.15, 0.2) is 41.4 Å². The normalized spacial score (nSPS) is 12.0. The Labute approximate surface area is 150 Å². The highest BCUT2D eigenvalue weighted by Crippen LogP contribution is 2.29. The first kappa shape index (κ1) is 19.0. The fourth-order valence-electron chi connectivity index (χ4n) is 2.24. The van der Waals surface area contributed by atoms with Crippen molar-refractivity contribution in [2.45, 2.75) is 20.0 Å². The Hall–Kier alpha value is -3.35. The van der Waals surface area contributed by atoms with Gasteiger partial charge in [0.2, 0.25) is 0 Å². The first-order valence-electron chi connectivity index (χ1n) is 7.78. The molecule has 0 aliphatic carbocycles. The van der Waals surface area contributed by atoms with E-state index >= 15 is 0 Å². The minimum atomic E-state index is -1.08. The van der Waals surface area contributed by atoms with Gasteiger partial charge in [0.25, 0.3) is 0 Å². The van der Waals surface area contributed by atoms with E-state index in [0.29, 0.717) is 28.3 Å². The number of carboxylic acid groups (broad SMARTS) is 2. The summed E-state index contributed by atoms with van der Waals surface area (Å²) in [4.78, 5) is 26.4. The van der Waals surface area contributed by atoms with Crippen LogP contribution in [0.1, 0.15) is 28.4 Å². The Balaban J connectivity index is 2.28. The van der Waals surface area contributed by atoms with Crippen LogP contribution in [-0.2, 0) is 4.79 Å². The number of aliphatic carboxylic acids is 1.